The van der Waals surface area contributed by atoms with Gasteiger partial charge >= 0.3 is 0 Å². The molecule has 0 aromatic carbocycles. The Balaban J connectivity index is 1.93. The van der Waals surface area contributed by atoms with E-state index in [9.17, 15) is 9.59 Å². The van der Waals surface area contributed by atoms with Crippen LogP contribution in [0.1, 0.15) is 38.0 Å². The fourth-order valence-corrected chi connectivity index (χ4v) is 2.87. The molecule has 1 heterocycles. The molecular formula is C14H19N3O2S. The molecule has 0 fully saturated rings. The number of nitrogens with zero attached hydrogens (tertiary/aromatic N) is 2. The second-order valence-electron chi connectivity index (χ2n) is 5.10. The fraction of sp³-hybridized carbons (Fsp3) is 0.500. The number of thiazole rings is 1. The van der Waals surface area contributed by atoms with Crippen molar-refractivity contribution in [3.05, 3.63) is 27.4 Å². The van der Waals surface area contributed by atoms with Gasteiger partial charge in [-0.1, -0.05) is 0 Å². The van der Waals surface area contributed by atoms with Crippen LogP contribution >= 0.6 is 11.3 Å². The monoisotopic (exact) mass is 293 g/mol. The smallest absolute Gasteiger partial charge is 0.228 e. The zero-order valence-electron chi connectivity index (χ0n) is 12.0. The fourth-order valence-electron chi connectivity index (χ4n) is 2.05. The minimum Gasteiger partial charge on any atom is -0.382 e. The number of nitrogens with one attached hydrogen (secondary N) is 1. The zero-order chi connectivity index (χ0) is 14.7. The standard InChI is InChI=1S/C14H19N3O2S/c1-9-16-12-13(19)10(8-11(18)14(12)20-9)15-6-4-5-7-17(2)3/h8,15H,4-7H2,1-3H3. The third-order valence-electron chi connectivity index (χ3n) is 3.04. The predicted molar refractivity (Wildman–Crippen MR) is 79.4 cm³/mol. The Morgan fingerprint density at radius 3 is 2.75 bits per heavy atom. The topological polar surface area (TPSA) is 62.3 Å². The molecule has 0 atom stereocenters. The molecule has 0 radical (unpaired) electrons. The molecule has 1 N–H and O–H groups in total. The third-order valence-corrected chi connectivity index (χ3v) is 4.03. The number of hydrogen-bond donors (Lipinski definition) is 1. The highest BCUT2D eigenvalue weighted by Crippen LogP contribution is 2.25. The van der Waals surface area contributed by atoms with Gasteiger partial charge in [0, 0.05) is 12.6 Å². The number of hydrogen-bond acceptors (Lipinski definition) is 6. The van der Waals surface area contributed by atoms with Crippen LogP contribution in [0.3, 0.4) is 0 Å². The Morgan fingerprint density at radius 1 is 1.30 bits per heavy atom. The number of aromatic nitrogens is 1. The van der Waals surface area contributed by atoms with Gasteiger partial charge in [0.1, 0.15) is 10.6 Å². The lowest BCUT2D eigenvalue weighted by Crippen LogP contribution is -2.27. The Bertz CT molecular complexity index is 561. The van der Waals surface area contributed by atoms with Crippen LogP contribution in [-0.2, 0) is 0 Å². The summed E-state index contributed by atoms with van der Waals surface area (Å²) >= 11 is 1.28. The minimum absolute atomic E-state index is 0.124. The molecule has 6 heteroatoms. The summed E-state index contributed by atoms with van der Waals surface area (Å²) in [5.74, 6) is -0.294. The summed E-state index contributed by atoms with van der Waals surface area (Å²) in [6.07, 6.45) is 3.41. The Hall–Kier alpha value is -1.53. The SMILES string of the molecule is Cc1nc2c(s1)C(=O)C=C(NCCCCN(C)C)C2=O. The first kappa shape index (κ1) is 14.9. The van der Waals surface area contributed by atoms with Crippen LogP contribution in [0, 0.1) is 6.92 Å². The van der Waals surface area contributed by atoms with E-state index < -0.39 is 0 Å². The van der Waals surface area contributed by atoms with Gasteiger partial charge in [-0.05, 0) is 40.4 Å². The Morgan fingerprint density at radius 2 is 2.05 bits per heavy atom. The van der Waals surface area contributed by atoms with Crippen molar-refractivity contribution in [2.45, 2.75) is 19.8 Å². The Kier molecular flexibility index (Phi) is 4.67. The number of rotatable bonds is 6. The molecular weight excluding hydrogens is 274 g/mol. The van der Waals surface area contributed by atoms with Gasteiger partial charge in [0.15, 0.2) is 5.78 Å². The molecule has 0 saturated heterocycles. The number of carbonyl (C=O) groups is 2. The van der Waals surface area contributed by atoms with Crippen molar-refractivity contribution in [3.8, 4) is 0 Å². The first-order valence-corrected chi connectivity index (χ1v) is 7.47. The van der Waals surface area contributed by atoms with Gasteiger partial charge in [-0.15, -0.1) is 11.3 Å². The van der Waals surface area contributed by atoms with Crippen molar-refractivity contribution in [3.63, 3.8) is 0 Å². The number of Topliss-reactive ketones (excluding diaryl/α,β-unsaturated/α-hetero) is 1. The summed E-state index contributed by atoms with van der Waals surface area (Å²) in [4.78, 5) is 30.9. The second kappa shape index (κ2) is 6.28. The molecule has 108 valence electrons. The average Bonchev–Trinajstić information content (AvgIpc) is 2.77. The van der Waals surface area contributed by atoms with E-state index in [2.05, 4.69) is 15.2 Å². The van der Waals surface area contributed by atoms with Gasteiger partial charge in [0.05, 0.1) is 10.7 Å². The molecule has 1 aromatic rings. The van der Waals surface area contributed by atoms with E-state index in [1.165, 1.54) is 17.4 Å². The first-order chi connectivity index (χ1) is 9.49. The lowest BCUT2D eigenvalue weighted by Gasteiger charge is -2.13. The van der Waals surface area contributed by atoms with E-state index in [4.69, 9.17) is 0 Å². The van der Waals surface area contributed by atoms with E-state index >= 15 is 0 Å². The third kappa shape index (κ3) is 3.32. The number of ketones is 2. The van der Waals surface area contributed by atoms with Gasteiger partial charge in [-0.25, -0.2) is 4.98 Å². The van der Waals surface area contributed by atoms with Crippen molar-refractivity contribution >= 4 is 22.9 Å². The molecule has 0 unspecified atom stereocenters. The molecule has 20 heavy (non-hydrogen) atoms. The predicted octanol–water partition coefficient (Wildman–Crippen LogP) is 1.65. The maximum Gasteiger partial charge on any atom is 0.228 e. The van der Waals surface area contributed by atoms with Crippen LogP contribution in [0.15, 0.2) is 11.8 Å². The molecule has 1 aliphatic rings. The number of unbranched alkanes of at least 4 members (excludes halogenated alkanes) is 1. The first-order valence-electron chi connectivity index (χ1n) is 6.66. The van der Waals surface area contributed by atoms with E-state index in [0.29, 0.717) is 22.8 Å². The summed E-state index contributed by atoms with van der Waals surface area (Å²) in [6.45, 7) is 3.51. The lowest BCUT2D eigenvalue weighted by molar-refractivity contribution is 0.0977. The van der Waals surface area contributed by atoms with Crippen LogP contribution < -0.4 is 5.32 Å². The van der Waals surface area contributed by atoms with E-state index in [-0.39, 0.29) is 11.6 Å². The van der Waals surface area contributed by atoms with Crippen LogP contribution in [0.2, 0.25) is 0 Å². The summed E-state index contributed by atoms with van der Waals surface area (Å²) in [6, 6.07) is 0. The summed E-state index contributed by atoms with van der Waals surface area (Å²) in [5.41, 5.74) is 0.674. The highest BCUT2D eigenvalue weighted by atomic mass is 32.1. The van der Waals surface area contributed by atoms with Gasteiger partial charge in [0.25, 0.3) is 0 Å². The molecule has 2 rings (SSSR count). The van der Waals surface area contributed by atoms with Gasteiger partial charge < -0.3 is 10.2 Å². The average molecular weight is 293 g/mol. The summed E-state index contributed by atoms with van der Waals surface area (Å²) < 4.78 is 0. The van der Waals surface area contributed by atoms with Gasteiger partial charge in [0.2, 0.25) is 5.78 Å². The van der Waals surface area contributed by atoms with Crippen molar-refractivity contribution in [2.24, 2.45) is 0 Å². The van der Waals surface area contributed by atoms with Crippen molar-refractivity contribution in [2.75, 3.05) is 27.2 Å². The van der Waals surface area contributed by atoms with Crippen LogP contribution in [-0.4, -0.2) is 48.6 Å². The minimum atomic E-state index is -0.170. The molecule has 0 bridgehead atoms. The number of carbonyl (C=O) groups excluding carboxylic acids is 2. The molecule has 5 nitrogen and oxygen atoms in total. The number of fused-ring (bicyclic) bond motifs is 1. The van der Waals surface area contributed by atoms with E-state index in [0.717, 1.165) is 24.4 Å². The van der Waals surface area contributed by atoms with Crippen molar-refractivity contribution < 1.29 is 9.59 Å². The maximum atomic E-state index is 12.2. The molecule has 0 spiro atoms. The van der Waals surface area contributed by atoms with Crippen LogP contribution in [0.4, 0.5) is 0 Å². The summed E-state index contributed by atoms with van der Waals surface area (Å²) in [7, 11) is 4.07. The maximum absolute atomic E-state index is 12.2. The molecule has 1 aromatic heterocycles. The second-order valence-corrected chi connectivity index (χ2v) is 6.30. The van der Waals surface area contributed by atoms with E-state index in [1.54, 1.807) is 6.92 Å². The highest BCUT2D eigenvalue weighted by molar-refractivity contribution is 7.14. The number of allylic oxidation sites excluding steroid dienone is 2. The zero-order valence-corrected chi connectivity index (χ0v) is 12.8. The largest absolute Gasteiger partial charge is 0.382 e. The Labute approximate surface area is 122 Å². The molecule has 0 aliphatic heterocycles. The van der Waals surface area contributed by atoms with E-state index in [1.807, 2.05) is 14.1 Å². The van der Waals surface area contributed by atoms with Crippen molar-refractivity contribution in [1.29, 1.82) is 0 Å². The van der Waals surface area contributed by atoms with Crippen LogP contribution in [0.25, 0.3) is 0 Å². The lowest BCUT2D eigenvalue weighted by atomic mass is 10.0. The summed E-state index contributed by atoms with van der Waals surface area (Å²) in [5, 5.41) is 3.81. The molecule has 0 saturated carbocycles. The quantitative estimate of drug-likeness (QED) is 0.808. The normalized spacial score (nSPS) is 14.5. The molecule has 1 aliphatic carbocycles. The van der Waals surface area contributed by atoms with Gasteiger partial charge in [-0.3, -0.25) is 9.59 Å². The van der Waals surface area contributed by atoms with Crippen molar-refractivity contribution in [1.82, 2.24) is 15.2 Å². The number of aryl methyl sites for hydroxylation is 1. The van der Waals surface area contributed by atoms with Gasteiger partial charge in [-0.2, -0.15) is 0 Å². The highest BCUT2D eigenvalue weighted by Gasteiger charge is 2.29. The van der Waals surface area contributed by atoms with Crippen LogP contribution in [0.5, 0.6) is 0 Å². The molecule has 0 amide bonds.